The lowest BCUT2D eigenvalue weighted by molar-refractivity contribution is -0.384. The van der Waals surface area contributed by atoms with Gasteiger partial charge in [-0.25, -0.2) is 5.43 Å². The second-order valence-electron chi connectivity index (χ2n) is 4.53. The van der Waals surface area contributed by atoms with Gasteiger partial charge in [-0.05, 0) is 24.6 Å². The van der Waals surface area contributed by atoms with Gasteiger partial charge in [-0.3, -0.25) is 14.9 Å². The quantitative estimate of drug-likeness (QED) is 0.533. The molecule has 2 rings (SSSR count). The molecule has 1 N–H and O–H groups in total. The molecule has 22 heavy (non-hydrogen) atoms. The Morgan fingerprint density at radius 2 is 1.95 bits per heavy atom. The topological polar surface area (TPSA) is 84.6 Å². The van der Waals surface area contributed by atoms with E-state index in [9.17, 15) is 14.9 Å². The normalized spacial score (nSPS) is 10.6. The maximum absolute atomic E-state index is 11.9. The Hall–Kier alpha value is -2.73. The lowest BCUT2D eigenvalue weighted by atomic mass is 10.2. The zero-order chi connectivity index (χ0) is 16.1. The van der Waals surface area contributed by atoms with Crippen LogP contribution in [-0.4, -0.2) is 17.0 Å². The Labute approximate surface area is 131 Å². The molecule has 7 heteroatoms. The van der Waals surface area contributed by atoms with Gasteiger partial charge in [-0.15, -0.1) is 0 Å². The lowest BCUT2D eigenvalue weighted by Gasteiger charge is -2.01. The van der Waals surface area contributed by atoms with Crippen molar-refractivity contribution in [2.24, 2.45) is 5.10 Å². The molecule has 2 aromatic rings. The van der Waals surface area contributed by atoms with Crippen molar-refractivity contribution in [2.45, 2.75) is 6.92 Å². The van der Waals surface area contributed by atoms with E-state index in [1.165, 1.54) is 18.3 Å². The van der Waals surface area contributed by atoms with Gasteiger partial charge >= 0.3 is 0 Å². The Kier molecular flexibility index (Phi) is 4.85. The maximum Gasteiger partial charge on any atom is 0.288 e. The fraction of sp³-hybridized carbons (Fsp3) is 0.0667. The third kappa shape index (κ3) is 3.89. The van der Waals surface area contributed by atoms with Crippen molar-refractivity contribution in [3.63, 3.8) is 0 Å². The molecule has 0 heterocycles. The lowest BCUT2D eigenvalue weighted by Crippen LogP contribution is -2.17. The van der Waals surface area contributed by atoms with Crippen LogP contribution in [0.3, 0.4) is 0 Å². The second kappa shape index (κ2) is 6.82. The standard InChI is InChI=1S/C15H12ClN3O3/c1-10-2-4-11(5-3-10)9-17-18-15(20)12-6-7-13(16)14(8-12)19(21)22/h2-9H,1H3,(H,18,20)/b17-9-. The van der Waals surface area contributed by atoms with Crippen molar-refractivity contribution in [2.75, 3.05) is 0 Å². The number of amides is 1. The highest BCUT2D eigenvalue weighted by atomic mass is 35.5. The molecule has 0 aliphatic carbocycles. The van der Waals surface area contributed by atoms with Gasteiger partial charge < -0.3 is 0 Å². The third-order valence-electron chi connectivity index (χ3n) is 2.86. The summed E-state index contributed by atoms with van der Waals surface area (Å²) in [5, 5.41) is 14.6. The number of rotatable bonds is 4. The molecule has 2 aromatic carbocycles. The van der Waals surface area contributed by atoms with Gasteiger partial charge in [0.2, 0.25) is 0 Å². The average molecular weight is 318 g/mol. The molecule has 0 saturated carbocycles. The summed E-state index contributed by atoms with van der Waals surface area (Å²) in [5.74, 6) is -0.553. The van der Waals surface area contributed by atoms with Gasteiger partial charge in [0.15, 0.2) is 0 Å². The molecule has 0 radical (unpaired) electrons. The minimum Gasteiger partial charge on any atom is -0.267 e. The molecular formula is C15H12ClN3O3. The van der Waals surface area contributed by atoms with E-state index < -0.39 is 10.8 Å². The van der Waals surface area contributed by atoms with Crippen molar-refractivity contribution in [1.82, 2.24) is 5.43 Å². The first kappa shape index (κ1) is 15.7. The molecule has 0 saturated heterocycles. The molecule has 0 aliphatic heterocycles. The molecule has 0 bridgehead atoms. The summed E-state index contributed by atoms with van der Waals surface area (Å²) in [6.07, 6.45) is 1.49. The van der Waals surface area contributed by atoms with Crippen LogP contribution in [0.4, 0.5) is 5.69 Å². The van der Waals surface area contributed by atoms with Crippen molar-refractivity contribution >= 4 is 29.4 Å². The predicted molar refractivity (Wildman–Crippen MR) is 84.3 cm³/mol. The number of carbonyl (C=O) groups excluding carboxylic acids is 1. The molecule has 0 aliphatic rings. The zero-order valence-corrected chi connectivity index (χ0v) is 12.4. The number of hydrogen-bond acceptors (Lipinski definition) is 4. The van der Waals surface area contributed by atoms with Gasteiger partial charge in [0.1, 0.15) is 5.02 Å². The SMILES string of the molecule is Cc1ccc(/C=N\NC(=O)c2ccc(Cl)c([N+](=O)[O-])c2)cc1. The maximum atomic E-state index is 11.9. The summed E-state index contributed by atoms with van der Waals surface area (Å²) in [5.41, 5.74) is 4.05. The van der Waals surface area contributed by atoms with Crippen LogP contribution in [0.1, 0.15) is 21.5 Å². The van der Waals surface area contributed by atoms with Gasteiger partial charge in [0, 0.05) is 11.6 Å². The Balaban J connectivity index is 2.08. The van der Waals surface area contributed by atoms with E-state index in [0.717, 1.165) is 17.2 Å². The van der Waals surface area contributed by atoms with E-state index in [4.69, 9.17) is 11.6 Å². The monoisotopic (exact) mass is 317 g/mol. The highest BCUT2D eigenvalue weighted by Crippen LogP contribution is 2.24. The first-order chi connectivity index (χ1) is 10.5. The minimum atomic E-state index is -0.644. The van der Waals surface area contributed by atoms with Gasteiger partial charge in [0.05, 0.1) is 11.1 Å². The van der Waals surface area contributed by atoms with Crippen LogP contribution in [0, 0.1) is 17.0 Å². The molecule has 0 aromatic heterocycles. The first-order valence-electron chi connectivity index (χ1n) is 6.31. The fourth-order valence-electron chi connectivity index (χ4n) is 1.68. The Morgan fingerprint density at radius 1 is 1.27 bits per heavy atom. The minimum absolute atomic E-state index is 0.0234. The largest absolute Gasteiger partial charge is 0.288 e. The molecule has 0 spiro atoms. The molecule has 1 amide bonds. The zero-order valence-electron chi connectivity index (χ0n) is 11.6. The smallest absolute Gasteiger partial charge is 0.267 e. The van der Waals surface area contributed by atoms with E-state index in [1.54, 1.807) is 0 Å². The summed E-state index contributed by atoms with van der Waals surface area (Å²) >= 11 is 5.69. The van der Waals surface area contributed by atoms with Crippen LogP contribution >= 0.6 is 11.6 Å². The molecule has 0 fully saturated rings. The number of nitro groups is 1. The molecule has 0 unspecified atom stereocenters. The van der Waals surface area contributed by atoms with Crippen molar-refractivity contribution < 1.29 is 9.72 Å². The average Bonchev–Trinajstić information content (AvgIpc) is 2.49. The predicted octanol–water partition coefficient (Wildman–Crippen LogP) is 3.32. The number of benzene rings is 2. The second-order valence-corrected chi connectivity index (χ2v) is 4.94. The van der Waals surface area contributed by atoms with E-state index in [0.29, 0.717) is 0 Å². The molecule has 6 nitrogen and oxygen atoms in total. The van der Waals surface area contributed by atoms with Crippen LogP contribution < -0.4 is 5.43 Å². The number of aryl methyl sites for hydroxylation is 1. The van der Waals surface area contributed by atoms with Crippen LogP contribution in [0.15, 0.2) is 47.6 Å². The number of halogens is 1. The van der Waals surface area contributed by atoms with E-state index in [2.05, 4.69) is 10.5 Å². The third-order valence-corrected chi connectivity index (χ3v) is 3.18. The number of hydrazone groups is 1. The number of nitrogens with zero attached hydrogens (tertiary/aromatic N) is 2. The number of nitro benzene ring substituents is 1. The van der Waals surface area contributed by atoms with Crippen LogP contribution in [0.25, 0.3) is 0 Å². The summed E-state index contributed by atoms with van der Waals surface area (Å²) in [6.45, 7) is 1.97. The summed E-state index contributed by atoms with van der Waals surface area (Å²) in [6, 6.07) is 11.4. The van der Waals surface area contributed by atoms with Crippen molar-refractivity contribution in [3.8, 4) is 0 Å². The van der Waals surface area contributed by atoms with E-state index in [-0.39, 0.29) is 16.3 Å². The number of hydrogen-bond donors (Lipinski definition) is 1. The summed E-state index contributed by atoms with van der Waals surface area (Å²) in [4.78, 5) is 22.0. The fourth-order valence-corrected chi connectivity index (χ4v) is 1.86. The van der Waals surface area contributed by atoms with E-state index in [1.807, 2.05) is 31.2 Å². The molecular weight excluding hydrogens is 306 g/mol. The van der Waals surface area contributed by atoms with Crippen LogP contribution in [0.2, 0.25) is 5.02 Å². The van der Waals surface area contributed by atoms with Gasteiger partial charge in [-0.2, -0.15) is 5.10 Å². The first-order valence-corrected chi connectivity index (χ1v) is 6.69. The summed E-state index contributed by atoms with van der Waals surface area (Å²) < 4.78 is 0. The number of carbonyl (C=O) groups is 1. The number of nitrogens with one attached hydrogen (secondary N) is 1. The Morgan fingerprint density at radius 3 is 2.59 bits per heavy atom. The van der Waals surface area contributed by atoms with Crippen LogP contribution in [0.5, 0.6) is 0 Å². The molecule has 0 atom stereocenters. The van der Waals surface area contributed by atoms with Crippen molar-refractivity contribution in [1.29, 1.82) is 0 Å². The van der Waals surface area contributed by atoms with Crippen molar-refractivity contribution in [3.05, 3.63) is 74.3 Å². The molecule has 112 valence electrons. The van der Waals surface area contributed by atoms with Gasteiger partial charge in [-0.1, -0.05) is 41.4 Å². The van der Waals surface area contributed by atoms with E-state index >= 15 is 0 Å². The Bertz CT molecular complexity index is 742. The summed E-state index contributed by atoms with van der Waals surface area (Å²) in [7, 11) is 0. The highest BCUT2D eigenvalue weighted by molar-refractivity contribution is 6.32. The van der Waals surface area contributed by atoms with Crippen LogP contribution in [-0.2, 0) is 0 Å². The van der Waals surface area contributed by atoms with Gasteiger partial charge in [0.25, 0.3) is 11.6 Å². The highest BCUT2D eigenvalue weighted by Gasteiger charge is 2.15.